The Kier molecular flexibility index (Phi) is 3.55. The molecule has 0 radical (unpaired) electrons. The SMILES string of the molecule is O=C(c1ccc(OC(F)(F)F)cc1)N1[C@@H]2CCC[C@H]1CC2. The van der Waals surface area contributed by atoms with E-state index in [1.54, 1.807) is 0 Å². The van der Waals surface area contributed by atoms with Crippen LogP contribution >= 0.6 is 0 Å². The maximum atomic E-state index is 12.5. The number of benzene rings is 1. The molecule has 0 spiro atoms. The van der Waals surface area contributed by atoms with E-state index in [2.05, 4.69) is 4.74 Å². The number of amides is 1. The molecule has 2 heterocycles. The van der Waals surface area contributed by atoms with Gasteiger partial charge in [0.1, 0.15) is 5.75 Å². The molecule has 0 aliphatic carbocycles. The molecule has 114 valence electrons. The summed E-state index contributed by atoms with van der Waals surface area (Å²) in [5.74, 6) is -0.388. The first-order valence-electron chi connectivity index (χ1n) is 7.12. The number of alkyl halides is 3. The maximum Gasteiger partial charge on any atom is 0.573 e. The van der Waals surface area contributed by atoms with Gasteiger partial charge in [-0.15, -0.1) is 13.2 Å². The molecule has 2 saturated heterocycles. The van der Waals surface area contributed by atoms with Crippen LogP contribution in [-0.2, 0) is 0 Å². The maximum absolute atomic E-state index is 12.5. The molecule has 0 saturated carbocycles. The number of piperidine rings is 1. The summed E-state index contributed by atoms with van der Waals surface area (Å²) in [6.07, 6.45) is 0.557. The number of nitrogens with zero attached hydrogens (tertiary/aromatic N) is 1. The average Bonchev–Trinajstić information content (AvgIpc) is 2.66. The second-order valence-electron chi connectivity index (χ2n) is 5.60. The van der Waals surface area contributed by atoms with Crippen molar-refractivity contribution in [2.75, 3.05) is 0 Å². The lowest BCUT2D eigenvalue weighted by molar-refractivity contribution is -0.274. The zero-order chi connectivity index (χ0) is 15.0. The van der Waals surface area contributed by atoms with E-state index >= 15 is 0 Å². The van der Waals surface area contributed by atoms with Gasteiger partial charge in [-0.1, -0.05) is 0 Å². The Morgan fingerprint density at radius 1 is 1.05 bits per heavy atom. The molecule has 6 heteroatoms. The van der Waals surface area contributed by atoms with Gasteiger partial charge in [-0.3, -0.25) is 4.79 Å². The van der Waals surface area contributed by atoms with E-state index in [9.17, 15) is 18.0 Å². The number of fused-ring (bicyclic) bond motifs is 2. The van der Waals surface area contributed by atoms with Crippen LogP contribution in [0.4, 0.5) is 13.2 Å². The van der Waals surface area contributed by atoms with Gasteiger partial charge in [0.25, 0.3) is 5.91 Å². The van der Waals surface area contributed by atoms with Crippen LogP contribution in [0.1, 0.15) is 42.5 Å². The zero-order valence-electron chi connectivity index (χ0n) is 11.4. The lowest BCUT2D eigenvalue weighted by Crippen LogP contribution is -2.43. The van der Waals surface area contributed by atoms with E-state index in [-0.39, 0.29) is 11.7 Å². The van der Waals surface area contributed by atoms with E-state index in [4.69, 9.17) is 0 Å². The molecule has 1 aromatic rings. The molecule has 3 nitrogen and oxygen atoms in total. The molecule has 0 N–H and O–H groups in total. The fourth-order valence-corrected chi connectivity index (χ4v) is 3.40. The lowest BCUT2D eigenvalue weighted by Gasteiger charge is -2.34. The van der Waals surface area contributed by atoms with Gasteiger partial charge in [-0.25, -0.2) is 0 Å². The predicted octanol–water partition coefficient (Wildman–Crippen LogP) is 3.74. The van der Waals surface area contributed by atoms with Gasteiger partial charge in [-0.2, -0.15) is 0 Å². The summed E-state index contributed by atoms with van der Waals surface area (Å²) in [5.41, 5.74) is 0.420. The van der Waals surface area contributed by atoms with Gasteiger partial charge in [0.05, 0.1) is 0 Å². The summed E-state index contributed by atoms with van der Waals surface area (Å²) < 4.78 is 40.1. The fourth-order valence-electron chi connectivity index (χ4n) is 3.40. The van der Waals surface area contributed by atoms with Crippen molar-refractivity contribution < 1.29 is 22.7 Å². The normalized spacial score (nSPS) is 25.0. The van der Waals surface area contributed by atoms with Crippen molar-refractivity contribution >= 4 is 5.91 Å². The minimum absolute atomic E-state index is 0.0826. The Morgan fingerprint density at radius 2 is 1.62 bits per heavy atom. The third kappa shape index (κ3) is 2.99. The number of carbonyl (C=O) groups is 1. The van der Waals surface area contributed by atoms with Crippen LogP contribution in [0.15, 0.2) is 24.3 Å². The van der Waals surface area contributed by atoms with Gasteiger partial charge in [0.2, 0.25) is 0 Å². The third-order valence-corrected chi connectivity index (χ3v) is 4.26. The minimum atomic E-state index is -4.71. The van der Waals surface area contributed by atoms with Gasteiger partial charge in [-0.05, 0) is 56.4 Å². The van der Waals surface area contributed by atoms with E-state index in [1.165, 1.54) is 24.3 Å². The van der Waals surface area contributed by atoms with Crippen molar-refractivity contribution in [3.63, 3.8) is 0 Å². The van der Waals surface area contributed by atoms with Crippen LogP contribution in [0.25, 0.3) is 0 Å². The molecule has 2 bridgehead atoms. The Hall–Kier alpha value is -1.72. The molecule has 1 aromatic carbocycles. The molecule has 0 aromatic heterocycles. The van der Waals surface area contributed by atoms with Crippen molar-refractivity contribution in [2.24, 2.45) is 0 Å². The summed E-state index contributed by atoms with van der Waals surface area (Å²) in [5, 5.41) is 0. The van der Waals surface area contributed by atoms with Crippen molar-refractivity contribution in [3.05, 3.63) is 29.8 Å². The van der Waals surface area contributed by atoms with E-state index in [0.717, 1.165) is 32.1 Å². The zero-order valence-corrected chi connectivity index (χ0v) is 11.4. The van der Waals surface area contributed by atoms with Crippen molar-refractivity contribution in [2.45, 2.75) is 50.6 Å². The lowest BCUT2D eigenvalue weighted by atomic mass is 10.0. The van der Waals surface area contributed by atoms with Crippen molar-refractivity contribution in [1.29, 1.82) is 0 Å². The number of ether oxygens (including phenoxy) is 1. The molecule has 2 aliphatic heterocycles. The van der Waals surface area contributed by atoms with Gasteiger partial charge in [0, 0.05) is 17.6 Å². The Labute approximate surface area is 120 Å². The average molecular weight is 299 g/mol. The highest BCUT2D eigenvalue weighted by atomic mass is 19.4. The Morgan fingerprint density at radius 3 is 2.14 bits per heavy atom. The number of halogens is 3. The van der Waals surface area contributed by atoms with Crippen LogP contribution in [0.3, 0.4) is 0 Å². The van der Waals surface area contributed by atoms with E-state index < -0.39 is 6.36 Å². The van der Waals surface area contributed by atoms with Crippen LogP contribution in [-0.4, -0.2) is 29.3 Å². The van der Waals surface area contributed by atoms with Gasteiger partial charge >= 0.3 is 6.36 Å². The second-order valence-corrected chi connectivity index (χ2v) is 5.60. The molecule has 2 fully saturated rings. The Balaban J connectivity index is 1.73. The van der Waals surface area contributed by atoms with Crippen molar-refractivity contribution in [3.8, 4) is 5.75 Å². The molecular formula is C15H16F3NO2. The summed E-state index contributed by atoms with van der Waals surface area (Å²) in [6, 6.07) is 5.76. The van der Waals surface area contributed by atoms with E-state index in [1.807, 2.05) is 4.90 Å². The minimum Gasteiger partial charge on any atom is -0.406 e. The third-order valence-electron chi connectivity index (χ3n) is 4.26. The molecule has 0 unspecified atom stereocenters. The predicted molar refractivity (Wildman–Crippen MR) is 70.0 cm³/mol. The van der Waals surface area contributed by atoms with Crippen LogP contribution < -0.4 is 4.74 Å². The molecule has 1 amide bonds. The van der Waals surface area contributed by atoms with Crippen molar-refractivity contribution in [1.82, 2.24) is 4.90 Å². The highest BCUT2D eigenvalue weighted by molar-refractivity contribution is 5.95. The summed E-state index contributed by atoms with van der Waals surface area (Å²) in [4.78, 5) is 14.4. The molecule has 3 rings (SSSR count). The standard InChI is InChI=1S/C15H16F3NO2/c16-15(17,18)21-13-8-4-10(5-9-13)14(20)19-11-2-1-3-12(19)7-6-11/h4-5,8-9,11-12H,1-3,6-7H2/t11-,12+. The van der Waals surface area contributed by atoms with Crippen LogP contribution in [0.2, 0.25) is 0 Å². The largest absolute Gasteiger partial charge is 0.573 e. The van der Waals surface area contributed by atoms with Gasteiger partial charge in [0.15, 0.2) is 0 Å². The first-order valence-corrected chi connectivity index (χ1v) is 7.12. The highest BCUT2D eigenvalue weighted by Crippen LogP contribution is 2.36. The van der Waals surface area contributed by atoms with Crippen LogP contribution in [0.5, 0.6) is 5.75 Å². The number of hydrogen-bond donors (Lipinski definition) is 0. The smallest absolute Gasteiger partial charge is 0.406 e. The number of hydrogen-bond acceptors (Lipinski definition) is 2. The molecule has 2 aliphatic rings. The van der Waals surface area contributed by atoms with E-state index in [0.29, 0.717) is 17.6 Å². The highest BCUT2D eigenvalue weighted by Gasteiger charge is 2.39. The summed E-state index contributed by atoms with van der Waals surface area (Å²) >= 11 is 0. The van der Waals surface area contributed by atoms with Gasteiger partial charge < -0.3 is 9.64 Å². The summed E-state index contributed by atoms with van der Waals surface area (Å²) in [7, 11) is 0. The number of carbonyl (C=O) groups excluding carboxylic acids is 1. The fraction of sp³-hybridized carbons (Fsp3) is 0.533. The first kappa shape index (κ1) is 14.2. The second kappa shape index (κ2) is 5.24. The molecule has 21 heavy (non-hydrogen) atoms. The monoisotopic (exact) mass is 299 g/mol. The van der Waals surface area contributed by atoms with Crippen LogP contribution in [0, 0.1) is 0 Å². The quantitative estimate of drug-likeness (QED) is 0.832. The molecule has 2 atom stereocenters. The topological polar surface area (TPSA) is 29.5 Å². The molecular weight excluding hydrogens is 283 g/mol. The number of rotatable bonds is 2. The Bertz CT molecular complexity index is 511. The first-order chi connectivity index (χ1) is 9.94. The summed E-state index contributed by atoms with van der Waals surface area (Å²) in [6.45, 7) is 0.